The topological polar surface area (TPSA) is 76.6 Å². The lowest BCUT2D eigenvalue weighted by molar-refractivity contribution is -0.166. The van der Waals surface area contributed by atoms with E-state index >= 15 is 0 Å². The number of carbonyl (C=O) groups excluding carboxylic acids is 2. The van der Waals surface area contributed by atoms with Crippen molar-refractivity contribution in [1.29, 1.82) is 0 Å². The number of aliphatic hydroxyl groups excluding tert-OH is 1. The van der Waals surface area contributed by atoms with Gasteiger partial charge in [-0.25, -0.2) is 0 Å². The van der Waals surface area contributed by atoms with E-state index in [4.69, 9.17) is 11.6 Å². The van der Waals surface area contributed by atoms with Gasteiger partial charge in [-0.15, -0.1) is 0 Å². The summed E-state index contributed by atoms with van der Waals surface area (Å²) in [6, 6.07) is 15.6. The van der Waals surface area contributed by atoms with Crippen molar-refractivity contribution in [3.8, 4) is 0 Å². The van der Waals surface area contributed by atoms with E-state index in [1.54, 1.807) is 11.8 Å². The lowest BCUT2D eigenvalue weighted by atomic mass is 9.76. The molecule has 30 heavy (non-hydrogen) atoms. The molecule has 2 N–H and O–H groups in total. The van der Waals surface area contributed by atoms with Gasteiger partial charge in [0, 0.05) is 34.9 Å². The number of benzene rings is 2. The number of fused-ring (bicyclic) bond motifs is 5. The molecule has 2 aromatic carbocycles. The quantitative estimate of drug-likeness (QED) is 0.680. The van der Waals surface area contributed by atoms with Crippen molar-refractivity contribution < 1.29 is 14.7 Å². The minimum Gasteiger partial charge on any atom is -0.395 e. The third-order valence-electron chi connectivity index (χ3n) is 6.47. The molecule has 1 fully saturated rings. The largest absolute Gasteiger partial charge is 0.395 e. The van der Waals surface area contributed by atoms with Crippen molar-refractivity contribution >= 4 is 34.3 Å². The van der Waals surface area contributed by atoms with Crippen molar-refractivity contribution in [3.05, 3.63) is 70.4 Å². The minimum absolute atomic E-state index is 0.0280. The zero-order valence-electron chi connectivity index (χ0n) is 16.6. The molecule has 7 heteroatoms. The van der Waals surface area contributed by atoms with Crippen LogP contribution >= 0.6 is 11.6 Å². The molecule has 3 aromatic rings. The Balaban J connectivity index is 1.78. The highest BCUT2D eigenvalue weighted by Gasteiger charge is 2.56. The van der Waals surface area contributed by atoms with Gasteiger partial charge in [0.05, 0.1) is 18.8 Å². The number of piperazine rings is 1. The molecule has 5 rings (SSSR count). The average Bonchev–Trinajstić information content (AvgIpc) is 3.14. The predicted molar refractivity (Wildman–Crippen MR) is 114 cm³/mol. The van der Waals surface area contributed by atoms with Crippen LogP contribution in [-0.2, 0) is 15.1 Å². The molecular formula is C23H22ClN3O3. The molecule has 154 valence electrons. The molecular weight excluding hydrogens is 402 g/mol. The van der Waals surface area contributed by atoms with Crippen LogP contribution in [-0.4, -0.2) is 57.9 Å². The second kappa shape index (κ2) is 6.86. The number of aromatic nitrogens is 1. The molecule has 0 bridgehead atoms. The summed E-state index contributed by atoms with van der Waals surface area (Å²) in [5, 5.41) is 11.1. The summed E-state index contributed by atoms with van der Waals surface area (Å²) < 4.78 is 0. The number of para-hydroxylation sites is 1. The van der Waals surface area contributed by atoms with Gasteiger partial charge in [0.25, 0.3) is 5.91 Å². The Bertz CT molecular complexity index is 1170. The number of amides is 2. The first kappa shape index (κ1) is 19.2. The number of carbonyl (C=O) groups is 2. The number of aliphatic hydroxyl groups is 1. The van der Waals surface area contributed by atoms with E-state index in [0.717, 1.165) is 27.7 Å². The monoisotopic (exact) mass is 423 g/mol. The molecule has 2 aliphatic rings. The number of β-amino-alcohol motifs (C(OH)–C–C–N with tert-alkyl or cyclic N) is 1. The number of aromatic amines is 1. The standard InChI is InChI=1S/C23H22ClN3O3/c1-23-21-20(15-7-3-5-9-18(15)25-21)16(14-6-2-4-8-17(14)24)12-27(23)19(29)13-26(10-11-28)22(23)30/h2-9,16,25,28H,10-13H2,1H3/t16-,23+/m1/s1. The van der Waals surface area contributed by atoms with Crippen LogP contribution in [0.25, 0.3) is 10.9 Å². The maximum absolute atomic E-state index is 13.5. The summed E-state index contributed by atoms with van der Waals surface area (Å²) in [4.78, 5) is 33.3. The number of hydrogen-bond donors (Lipinski definition) is 2. The fourth-order valence-electron chi connectivity index (χ4n) is 5.02. The van der Waals surface area contributed by atoms with Crippen molar-refractivity contribution in [1.82, 2.24) is 14.8 Å². The number of halogens is 1. The van der Waals surface area contributed by atoms with Gasteiger partial charge in [-0.05, 0) is 30.2 Å². The van der Waals surface area contributed by atoms with Gasteiger partial charge < -0.3 is 19.9 Å². The lowest BCUT2D eigenvalue weighted by Gasteiger charge is -2.51. The molecule has 0 aliphatic carbocycles. The van der Waals surface area contributed by atoms with Gasteiger partial charge in [-0.2, -0.15) is 0 Å². The smallest absolute Gasteiger partial charge is 0.255 e. The van der Waals surface area contributed by atoms with Crippen molar-refractivity contribution in [3.63, 3.8) is 0 Å². The van der Waals surface area contributed by atoms with Crippen LogP contribution < -0.4 is 0 Å². The van der Waals surface area contributed by atoms with Crippen LogP contribution in [0.3, 0.4) is 0 Å². The zero-order chi connectivity index (χ0) is 21.0. The number of nitrogens with one attached hydrogen (secondary N) is 1. The van der Waals surface area contributed by atoms with E-state index in [1.165, 1.54) is 4.90 Å². The third-order valence-corrected chi connectivity index (χ3v) is 6.81. The number of nitrogens with zero attached hydrogens (tertiary/aromatic N) is 2. The third kappa shape index (κ3) is 2.53. The molecule has 2 amide bonds. The minimum atomic E-state index is -1.16. The second-order valence-corrected chi connectivity index (χ2v) is 8.47. The lowest BCUT2D eigenvalue weighted by Crippen LogP contribution is -2.67. The Hall–Kier alpha value is -2.83. The van der Waals surface area contributed by atoms with E-state index < -0.39 is 5.54 Å². The maximum atomic E-state index is 13.5. The summed E-state index contributed by atoms with van der Waals surface area (Å²) in [7, 11) is 0. The Labute approximate surface area is 179 Å². The van der Waals surface area contributed by atoms with Crippen LogP contribution in [0.2, 0.25) is 5.02 Å². The van der Waals surface area contributed by atoms with Gasteiger partial charge in [0.2, 0.25) is 5.91 Å². The average molecular weight is 424 g/mol. The molecule has 6 nitrogen and oxygen atoms in total. The first-order valence-corrected chi connectivity index (χ1v) is 10.4. The predicted octanol–water partition coefficient (Wildman–Crippen LogP) is 2.85. The van der Waals surface area contributed by atoms with Crippen molar-refractivity contribution in [2.75, 3.05) is 26.2 Å². The van der Waals surface area contributed by atoms with E-state index in [1.807, 2.05) is 48.5 Å². The molecule has 0 spiro atoms. The molecule has 1 aromatic heterocycles. The van der Waals surface area contributed by atoms with Gasteiger partial charge in [-0.1, -0.05) is 48.0 Å². The van der Waals surface area contributed by atoms with E-state index in [9.17, 15) is 14.7 Å². The molecule has 2 aliphatic heterocycles. The molecule has 3 heterocycles. The molecule has 0 radical (unpaired) electrons. The number of H-pyrrole nitrogens is 1. The highest BCUT2D eigenvalue weighted by atomic mass is 35.5. The van der Waals surface area contributed by atoms with E-state index in [2.05, 4.69) is 4.98 Å². The van der Waals surface area contributed by atoms with Gasteiger partial charge in [-0.3, -0.25) is 9.59 Å². The number of hydrogen-bond acceptors (Lipinski definition) is 3. The van der Waals surface area contributed by atoms with Crippen LogP contribution in [0.5, 0.6) is 0 Å². The molecule has 2 atom stereocenters. The van der Waals surface area contributed by atoms with E-state index in [0.29, 0.717) is 11.6 Å². The molecule has 1 saturated heterocycles. The van der Waals surface area contributed by atoms with Gasteiger partial charge in [0.15, 0.2) is 5.54 Å². The second-order valence-electron chi connectivity index (χ2n) is 8.06. The maximum Gasteiger partial charge on any atom is 0.255 e. The SMILES string of the molecule is C[C@]12C(=O)N(CCO)CC(=O)N1C[C@H](c1ccccc1Cl)c1c2[nH]c2ccccc12. The summed E-state index contributed by atoms with van der Waals surface area (Å²) >= 11 is 6.56. The van der Waals surface area contributed by atoms with Gasteiger partial charge >= 0.3 is 0 Å². The highest BCUT2D eigenvalue weighted by Crippen LogP contribution is 2.48. The van der Waals surface area contributed by atoms with Crippen molar-refractivity contribution in [2.24, 2.45) is 0 Å². The summed E-state index contributed by atoms with van der Waals surface area (Å²) in [6.45, 7) is 2.09. The van der Waals surface area contributed by atoms with Crippen LogP contribution in [0.1, 0.15) is 29.7 Å². The Morgan fingerprint density at radius 1 is 1.17 bits per heavy atom. The highest BCUT2D eigenvalue weighted by molar-refractivity contribution is 6.31. The Morgan fingerprint density at radius 2 is 1.90 bits per heavy atom. The van der Waals surface area contributed by atoms with Gasteiger partial charge in [0.1, 0.15) is 0 Å². The number of rotatable bonds is 3. The first-order valence-electron chi connectivity index (χ1n) is 10.0. The normalized spacial score (nSPS) is 23.6. The fraction of sp³-hybridized carbons (Fsp3) is 0.304. The summed E-state index contributed by atoms with van der Waals surface area (Å²) in [6.07, 6.45) is 0. The summed E-state index contributed by atoms with van der Waals surface area (Å²) in [5.41, 5.74) is 2.43. The first-order chi connectivity index (χ1) is 14.5. The molecule has 0 saturated carbocycles. The Morgan fingerprint density at radius 3 is 2.67 bits per heavy atom. The van der Waals surface area contributed by atoms with Crippen LogP contribution in [0.4, 0.5) is 0 Å². The summed E-state index contributed by atoms with van der Waals surface area (Å²) in [5.74, 6) is -0.465. The fourth-order valence-corrected chi connectivity index (χ4v) is 5.28. The Kier molecular flexibility index (Phi) is 4.38. The van der Waals surface area contributed by atoms with E-state index in [-0.39, 0.29) is 37.4 Å². The van der Waals surface area contributed by atoms with Crippen LogP contribution in [0, 0.1) is 0 Å². The van der Waals surface area contributed by atoms with Crippen LogP contribution in [0.15, 0.2) is 48.5 Å². The zero-order valence-corrected chi connectivity index (χ0v) is 17.3. The van der Waals surface area contributed by atoms with Crippen molar-refractivity contribution in [2.45, 2.75) is 18.4 Å². The molecule has 0 unspecified atom stereocenters.